The molecule has 0 saturated carbocycles. The number of allylic oxidation sites excluding steroid dienone is 4. The van der Waals surface area contributed by atoms with Crippen LogP contribution in [0.5, 0.6) is 0 Å². The minimum Gasteiger partial charge on any atom is -0.258 e. The van der Waals surface area contributed by atoms with Gasteiger partial charge in [0.05, 0.1) is 0 Å². The molecule has 1 heterocycles. The third-order valence-electron chi connectivity index (χ3n) is 2.40. The summed E-state index contributed by atoms with van der Waals surface area (Å²) in [4.78, 5) is 4.67. The molecule has 1 aliphatic heterocycles. The molecule has 14 heavy (non-hydrogen) atoms. The van der Waals surface area contributed by atoms with Gasteiger partial charge in [-0.2, -0.15) is 0 Å². The minimum atomic E-state index is 0.157. The van der Waals surface area contributed by atoms with Crippen LogP contribution in [-0.4, -0.2) is 5.71 Å². The van der Waals surface area contributed by atoms with Gasteiger partial charge in [-0.15, -0.1) is 0 Å². The summed E-state index contributed by atoms with van der Waals surface area (Å²) in [5.41, 5.74) is 2.61. The molecule has 0 aromatic carbocycles. The summed E-state index contributed by atoms with van der Waals surface area (Å²) in [5, 5.41) is 0. The van der Waals surface area contributed by atoms with Crippen LogP contribution >= 0.6 is 0 Å². The van der Waals surface area contributed by atoms with Crippen LogP contribution < -0.4 is 0 Å². The Labute approximate surface area is 87.6 Å². The van der Waals surface area contributed by atoms with Crippen molar-refractivity contribution in [1.29, 1.82) is 0 Å². The highest BCUT2D eigenvalue weighted by atomic mass is 14.8. The average molecular weight is 191 g/mol. The molecule has 1 rings (SSSR count). The lowest BCUT2D eigenvalue weighted by Gasteiger charge is -2.13. The molecule has 1 aliphatic rings. The van der Waals surface area contributed by atoms with Crippen LogP contribution in [0.25, 0.3) is 0 Å². The van der Waals surface area contributed by atoms with E-state index in [9.17, 15) is 0 Å². The van der Waals surface area contributed by atoms with Gasteiger partial charge in [0.25, 0.3) is 0 Å². The van der Waals surface area contributed by atoms with E-state index < -0.39 is 0 Å². The number of nitrogens with zero attached hydrogens (tertiary/aromatic N) is 1. The van der Waals surface area contributed by atoms with Crippen LogP contribution in [0.15, 0.2) is 28.9 Å². The molecule has 0 N–H and O–H groups in total. The fourth-order valence-electron chi connectivity index (χ4n) is 1.62. The second-order valence-electron chi connectivity index (χ2n) is 4.50. The molecule has 78 valence electrons. The van der Waals surface area contributed by atoms with E-state index >= 15 is 0 Å². The van der Waals surface area contributed by atoms with Crippen molar-refractivity contribution >= 4 is 5.71 Å². The summed E-state index contributed by atoms with van der Waals surface area (Å²) in [6.07, 6.45) is 9.99. The number of rotatable bonds is 3. The van der Waals surface area contributed by atoms with Crippen molar-refractivity contribution in [2.24, 2.45) is 10.4 Å². The summed E-state index contributed by atoms with van der Waals surface area (Å²) in [5.74, 6) is 0. The van der Waals surface area contributed by atoms with E-state index in [1.54, 1.807) is 0 Å². The Bertz CT molecular complexity index is 280. The minimum absolute atomic E-state index is 0.157. The Balaban J connectivity index is 2.93. The highest BCUT2D eigenvalue weighted by Crippen LogP contribution is 2.25. The first-order valence-electron chi connectivity index (χ1n) is 5.56. The molecule has 0 radical (unpaired) electrons. The summed E-state index contributed by atoms with van der Waals surface area (Å²) in [7, 11) is 0. The van der Waals surface area contributed by atoms with Gasteiger partial charge in [-0.25, -0.2) is 0 Å². The maximum Gasteiger partial charge on any atom is 0.0403 e. The van der Waals surface area contributed by atoms with E-state index in [0.29, 0.717) is 0 Å². The molecule has 0 saturated heterocycles. The van der Waals surface area contributed by atoms with Crippen molar-refractivity contribution in [3.05, 3.63) is 23.9 Å². The zero-order chi connectivity index (χ0) is 10.6. The summed E-state index contributed by atoms with van der Waals surface area (Å²) < 4.78 is 0. The molecule has 0 unspecified atom stereocenters. The van der Waals surface area contributed by atoms with Gasteiger partial charge in [0, 0.05) is 16.8 Å². The van der Waals surface area contributed by atoms with Gasteiger partial charge in [-0.3, -0.25) is 4.99 Å². The van der Waals surface area contributed by atoms with Crippen molar-refractivity contribution in [2.75, 3.05) is 0 Å². The lowest BCUT2D eigenvalue weighted by Crippen LogP contribution is -2.02. The van der Waals surface area contributed by atoms with Gasteiger partial charge in [-0.05, 0) is 18.9 Å². The highest BCUT2D eigenvalue weighted by Gasteiger charge is 2.14. The van der Waals surface area contributed by atoms with Gasteiger partial charge < -0.3 is 0 Å². The molecule has 0 amide bonds. The Kier molecular flexibility index (Phi) is 3.68. The molecule has 0 aromatic rings. The maximum atomic E-state index is 4.67. The SMILES string of the molecule is CCCC1=NC(CC)=CC(C)(C)C=C1. The van der Waals surface area contributed by atoms with Crippen LogP contribution in [0, 0.1) is 5.41 Å². The Hall–Kier alpha value is -0.850. The van der Waals surface area contributed by atoms with Crippen LogP contribution in [0.4, 0.5) is 0 Å². The molecule has 0 spiro atoms. The summed E-state index contributed by atoms with van der Waals surface area (Å²) in [6.45, 7) is 8.81. The molecule has 0 aliphatic carbocycles. The quantitative estimate of drug-likeness (QED) is 0.636. The monoisotopic (exact) mass is 191 g/mol. The Morgan fingerprint density at radius 1 is 1.29 bits per heavy atom. The van der Waals surface area contributed by atoms with Crippen molar-refractivity contribution in [2.45, 2.75) is 47.0 Å². The Morgan fingerprint density at radius 2 is 2.00 bits per heavy atom. The third-order valence-corrected chi connectivity index (χ3v) is 2.40. The first-order valence-corrected chi connectivity index (χ1v) is 5.56. The molecule has 0 bridgehead atoms. The van der Waals surface area contributed by atoms with Crippen LogP contribution in [0.3, 0.4) is 0 Å². The zero-order valence-electron chi connectivity index (χ0n) is 9.80. The van der Waals surface area contributed by atoms with E-state index in [-0.39, 0.29) is 5.41 Å². The smallest absolute Gasteiger partial charge is 0.0403 e. The fourth-order valence-corrected chi connectivity index (χ4v) is 1.62. The maximum absolute atomic E-state index is 4.67. The fraction of sp³-hybridized carbons (Fsp3) is 0.615. The van der Waals surface area contributed by atoms with Gasteiger partial charge in [0.2, 0.25) is 0 Å². The molecular weight excluding hydrogens is 170 g/mol. The number of hydrogen-bond acceptors (Lipinski definition) is 1. The average Bonchev–Trinajstić information content (AvgIpc) is 2.26. The summed E-state index contributed by atoms with van der Waals surface area (Å²) in [6, 6.07) is 0. The summed E-state index contributed by atoms with van der Waals surface area (Å²) >= 11 is 0. The third kappa shape index (κ3) is 3.13. The van der Waals surface area contributed by atoms with E-state index in [0.717, 1.165) is 12.8 Å². The van der Waals surface area contributed by atoms with Gasteiger partial charge >= 0.3 is 0 Å². The van der Waals surface area contributed by atoms with Crippen molar-refractivity contribution in [3.63, 3.8) is 0 Å². The molecular formula is C13H21N. The second-order valence-corrected chi connectivity index (χ2v) is 4.50. The normalized spacial score (nSPS) is 20.0. The van der Waals surface area contributed by atoms with Crippen molar-refractivity contribution < 1.29 is 0 Å². The van der Waals surface area contributed by atoms with Gasteiger partial charge in [0.1, 0.15) is 0 Å². The second kappa shape index (κ2) is 4.59. The first kappa shape index (κ1) is 11.2. The molecule has 0 aromatic heterocycles. The van der Waals surface area contributed by atoms with E-state index in [1.165, 1.54) is 17.8 Å². The van der Waals surface area contributed by atoms with Gasteiger partial charge in [-0.1, -0.05) is 46.3 Å². The molecule has 1 heteroatoms. The predicted molar refractivity (Wildman–Crippen MR) is 63.6 cm³/mol. The van der Waals surface area contributed by atoms with E-state index in [2.05, 4.69) is 50.9 Å². The van der Waals surface area contributed by atoms with Gasteiger partial charge in [0.15, 0.2) is 0 Å². The van der Waals surface area contributed by atoms with E-state index in [4.69, 9.17) is 0 Å². The van der Waals surface area contributed by atoms with Crippen LogP contribution in [0.1, 0.15) is 47.0 Å². The topological polar surface area (TPSA) is 12.4 Å². The number of hydrogen-bond donors (Lipinski definition) is 0. The van der Waals surface area contributed by atoms with Crippen LogP contribution in [0.2, 0.25) is 0 Å². The molecule has 1 nitrogen and oxygen atoms in total. The lowest BCUT2D eigenvalue weighted by atomic mass is 9.91. The predicted octanol–water partition coefficient (Wildman–Crippen LogP) is 4.12. The zero-order valence-corrected chi connectivity index (χ0v) is 9.80. The molecule has 0 atom stereocenters. The molecule has 0 fully saturated rings. The van der Waals surface area contributed by atoms with Crippen molar-refractivity contribution in [1.82, 2.24) is 0 Å². The number of aliphatic imine (C=N–C) groups is 1. The first-order chi connectivity index (χ1) is 6.57. The lowest BCUT2D eigenvalue weighted by molar-refractivity contribution is 0.619. The standard InChI is InChI=1S/C13H21N/c1-5-7-12-8-9-13(3,4)10-11(6-2)14-12/h8-10H,5-7H2,1-4H3. The van der Waals surface area contributed by atoms with Crippen LogP contribution in [-0.2, 0) is 0 Å². The Morgan fingerprint density at radius 3 is 2.57 bits per heavy atom. The largest absolute Gasteiger partial charge is 0.258 e. The van der Waals surface area contributed by atoms with Crippen molar-refractivity contribution in [3.8, 4) is 0 Å². The van der Waals surface area contributed by atoms with E-state index in [1.807, 2.05) is 0 Å². The highest BCUT2D eigenvalue weighted by molar-refractivity contribution is 5.96.